The van der Waals surface area contributed by atoms with E-state index < -0.39 is 5.82 Å². The summed E-state index contributed by atoms with van der Waals surface area (Å²) < 4.78 is 26.0. The summed E-state index contributed by atoms with van der Waals surface area (Å²) in [6, 6.07) is 87.1. The Bertz CT molecular complexity index is 8200. The van der Waals surface area contributed by atoms with Gasteiger partial charge in [0.15, 0.2) is 11.6 Å². The van der Waals surface area contributed by atoms with Crippen molar-refractivity contribution in [2.75, 3.05) is 7.11 Å². The standard InChI is InChI=1S/C28H19N3O.C25H15FN4O2.C25H16N4O.C25H19N3O/c1-18-5-4-7-23(13-18)31-27(32)12-10-21-16-30-26-11-9-19(15-24(26)28(21)31)22-14-20-6-2-3-8-25(20)29-17-22;1-27-23-9-4-16(13-29-23)15-3-8-21-19(11-15)25-17(14-28-21)5-10-24(31)30(25)18-6-7-20(26)22(12-18)32-2;1-16-4-3-5-20(12-16)29-24(30)11-8-19-15-27-22-9-6-17(13-21(22)25(19)29)18-7-10-23(26-2)28-14-18;1-16-4-3-5-21(12-16)28-24(29)11-9-20-15-27-23-10-8-18(13-22(23)25(20)28)19-7-6-17(2)26-14-19/h2-17H,1H3;3-14H,2H3;3-15H,1H3;3-15H,1-2H3. The van der Waals surface area contributed by atoms with Crippen molar-refractivity contribution in [1.29, 1.82) is 0 Å². The van der Waals surface area contributed by atoms with Gasteiger partial charge in [-0.05, 0) is 218 Å². The minimum atomic E-state index is -0.506. The van der Waals surface area contributed by atoms with Crippen LogP contribution in [0.5, 0.6) is 5.75 Å². The number of fused-ring (bicyclic) bond motifs is 13. The van der Waals surface area contributed by atoms with E-state index in [4.69, 9.17) is 17.9 Å². The quantitative estimate of drug-likeness (QED) is 0.0974. The molecule has 0 aliphatic heterocycles. The lowest BCUT2D eigenvalue weighted by Crippen LogP contribution is -2.18. The highest BCUT2D eigenvalue weighted by Gasteiger charge is 2.20. The monoisotopic (exact) mass is 1600 g/mol. The number of hydrogen-bond donors (Lipinski definition) is 0. The number of para-hydroxylation sites is 1. The van der Waals surface area contributed by atoms with Crippen molar-refractivity contribution < 1.29 is 9.13 Å². The fraction of sp³-hybridized carbons (Fsp3) is 0.0485. The maximum atomic E-state index is 14.0. The summed E-state index contributed by atoms with van der Waals surface area (Å²) in [6.07, 6.45) is 14.3. The zero-order valence-corrected chi connectivity index (χ0v) is 66.9. The van der Waals surface area contributed by atoms with Crippen molar-refractivity contribution in [3.63, 3.8) is 0 Å². The topological polar surface area (TPSA) is 209 Å². The molecule has 9 aromatic carbocycles. The Morgan fingerprint density at radius 2 is 0.626 bits per heavy atom. The molecular formula is C103H69FN14O5. The van der Waals surface area contributed by atoms with Crippen LogP contribution < -0.4 is 27.0 Å². The van der Waals surface area contributed by atoms with E-state index in [9.17, 15) is 23.6 Å². The maximum Gasteiger partial charge on any atom is 0.269 e. The molecule has 19 nitrogen and oxygen atoms in total. The smallest absolute Gasteiger partial charge is 0.269 e. The third kappa shape index (κ3) is 15.3. The molecule has 0 fully saturated rings. The summed E-state index contributed by atoms with van der Waals surface area (Å²) in [5.41, 5.74) is 22.0. The Balaban J connectivity index is 0.000000112. The van der Waals surface area contributed by atoms with Gasteiger partial charge in [0.05, 0.1) is 62.4 Å². The second kappa shape index (κ2) is 32.8. The maximum absolute atomic E-state index is 14.0. The highest BCUT2D eigenvalue weighted by atomic mass is 19.1. The van der Waals surface area contributed by atoms with Crippen LogP contribution in [0, 0.1) is 46.7 Å². The van der Waals surface area contributed by atoms with E-state index in [0.29, 0.717) is 28.4 Å². The van der Waals surface area contributed by atoms with Gasteiger partial charge in [-0.15, -0.1) is 9.97 Å². The molecular weight excluding hydrogens is 1530 g/mol. The van der Waals surface area contributed by atoms with Gasteiger partial charge in [0, 0.05) is 161 Å². The first-order valence-corrected chi connectivity index (χ1v) is 39.3. The van der Waals surface area contributed by atoms with E-state index in [2.05, 4.69) is 86.0 Å². The Morgan fingerprint density at radius 1 is 0.285 bits per heavy atom. The lowest BCUT2D eigenvalue weighted by Gasteiger charge is -2.14. The van der Waals surface area contributed by atoms with Crippen LogP contribution in [0.15, 0.2) is 348 Å². The molecule has 0 saturated heterocycles. The number of ether oxygens (including phenoxy) is 1. The molecule has 0 radical (unpaired) electrons. The van der Waals surface area contributed by atoms with Crippen molar-refractivity contribution in [3.8, 4) is 73.0 Å². The van der Waals surface area contributed by atoms with Crippen molar-refractivity contribution in [2.24, 2.45) is 0 Å². The molecule has 21 aromatic rings. The van der Waals surface area contributed by atoms with Gasteiger partial charge in [0.25, 0.3) is 33.9 Å². The number of benzene rings is 9. The van der Waals surface area contributed by atoms with Gasteiger partial charge in [0.2, 0.25) is 0 Å². The Hall–Kier alpha value is -17.0. The van der Waals surface area contributed by atoms with E-state index in [1.165, 1.54) is 29.9 Å². The van der Waals surface area contributed by atoms with Gasteiger partial charge in [-0.3, -0.25) is 67.4 Å². The van der Waals surface area contributed by atoms with Gasteiger partial charge >= 0.3 is 0 Å². The number of rotatable bonds is 9. The van der Waals surface area contributed by atoms with Crippen LogP contribution in [-0.2, 0) is 0 Å². The predicted octanol–water partition coefficient (Wildman–Crippen LogP) is 22.0. The van der Waals surface area contributed by atoms with Crippen LogP contribution in [0.2, 0.25) is 0 Å². The number of halogens is 1. The van der Waals surface area contributed by atoms with Crippen LogP contribution in [0.1, 0.15) is 22.4 Å². The Labute approximate surface area is 701 Å². The number of nitrogens with zero attached hydrogens (tertiary/aromatic N) is 14. The van der Waals surface area contributed by atoms with E-state index in [1.54, 1.807) is 81.0 Å². The predicted molar refractivity (Wildman–Crippen MR) is 488 cm³/mol. The first-order valence-electron chi connectivity index (χ1n) is 39.3. The third-order valence-corrected chi connectivity index (χ3v) is 21.6. The van der Waals surface area contributed by atoms with Crippen molar-refractivity contribution in [1.82, 2.24) is 58.1 Å². The third-order valence-electron chi connectivity index (χ3n) is 21.6. The van der Waals surface area contributed by atoms with Crippen LogP contribution >= 0.6 is 0 Å². The first-order chi connectivity index (χ1) is 60.0. The molecule has 0 bridgehead atoms. The summed E-state index contributed by atoms with van der Waals surface area (Å²) in [5, 5.41) is 8.13. The first kappa shape index (κ1) is 77.3. The lowest BCUT2D eigenvalue weighted by atomic mass is 10.0. The van der Waals surface area contributed by atoms with E-state index >= 15 is 0 Å². The minimum absolute atomic E-state index is 0.0522. The normalized spacial score (nSPS) is 11.1. The lowest BCUT2D eigenvalue weighted by molar-refractivity contribution is 0.386. The number of aromatic nitrogens is 12. The van der Waals surface area contributed by atoms with Gasteiger partial charge in [-0.1, -0.05) is 110 Å². The molecule has 12 heterocycles. The van der Waals surface area contributed by atoms with E-state index in [0.717, 1.165) is 171 Å². The summed E-state index contributed by atoms with van der Waals surface area (Å²) in [6.45, 7) is 22.2. The van der Waals surface area contributed by atoms with Crippen molar-refractivity contribution in [2.45, 2.75) is 27.7 Å². The molecule has 0 N–H and O–H groups in total. The minimum Gasteiger partial charge on any atom is -0.494 e. The van der Waals surface area contributed by atoms with E-state index in [1.807, 2.05) is 234 Å². The van der Waals surface area contributed by atoms with Gasteiger partial charge < -0.3 is 14.4 Å². The average Bonchev–Trinajstić information content (AvgIpc) is 0.739. The number of aryl methyl sites for hydroxylation is 4. The number of methoxy groups -OCH3 is 1. The molecule has 588 valence electrons. The molecule has 12 aromatic heterocycles. The number of pyridine rings is 12. The van der Waals surface area contributed by atoms with Crippen molar-refractivity contribution >= 4 is 110 Å². The van der Waals surface area contributed by atoms with Gasteiger partial charge in [-0.2, -0.15) is 0 Å². The molecule has 21 rings (SSSR count). The molecule has 0 spiro atoms. The van der Waals surface area contributed by atoms with Crippen LogP contribution in [-0.4, -0.2) is 65.3 Å². The summed E-state index contributed by atoms with van der Waals surface area (Å²) in [5.74, 6) is 0.228. The molecule has 0 amide bonds. The Morgan fingerprint density at radius 3 is 0.976 bits per heavy atom. The zero-order chi connectivity index (χ0) is 84.5. The van der Waals surface area contributed by atoms with Crippen LogP contribution in [0.3, 0.4) is 0 Å². The SMILES string of the molecule is Cc1cccc(-n2c(=O)ccc3cnc4ccc(-c5ccc(C)nc5)cc4c32)c1.Cc1cccc(-n2c(=O)ccc3cnc4ccc(-c5cnc6ccccc6c5)cc4c32)c1.[C-]#[N+]c1ccc(-c2ccc3ncc4ccc(=O)n(-c5ccc(F)c(OC)c5)c4c3c2)cn1.[C-]#[N+]c1ccc(-c2ccc3ncc4ccc(=O)n(-c5cccc(C)c5)c4c3c2)cn1. The second-order valence-electron chi connectivity index (χ2n) is 29.7. The van der Waals surface area contributed by atoms with Gasteiger partial charge in [0.1, 0.15) is 12.4 Å². The average molecular weight is 1600 g/mol. The molecule has 0 atom stereocenters. The zero-order valence-electron chi connectivity index (χ0n) is 66.9. The summed E-state index contributed by atoms with van der Waals surface area (Å²) in [7, 11) is 1.38. The van der Waals surface area contributed by atoms with Crippen LogP contribution in [0.4, 0.5) is 16.0 Å². The molecule has 0 saturated carbocycles. The summed E-state index contributed by atoms with van der Waals surface area (Å²) in [4.78, 5) is 94.2. The highest BCUT2D eigenvalue weighted by Crippen LogP contribution is 2.37. The highest BCUT2D eigenvalue weighted by molar-refractivity contribution is 6.09. The summed E-state index contributed by atoms with van der Waals surface area (Å²) >= 11 is 0. The largest absolute Gasteiger partial charge is 0.494 e. The van der Waals surface area contributed by atoms with Gasteiger partial charge in [-0.25, -0.2) is 4.39 Å². The second-order valence-corrected chi connectivity index (χ2v) is 29.7. The van der Waals surface area contributed by atoms with E-state index in [-0.39, 0.29) is 28.0 Å². The fourth-order valence-corrected chi connectivity index (χ4v) is 15.6. The molecule has 0 unspecified atom stereocenters. The fourth-order valence-electron chi connectivity index (χ4n) is 15.6. The van der Waals surface area contributed by atoms with Crippen LogP contribution in [0.25, 0.3) is 175 Å². The van der Waals surface area contributed by atoms with Crippen molar-refractivity contribution in [3.05, 3.63) is 421 Å². The molecule has 0 aliphatic carbocycles. The molecule has 0 aliphatic rings. The Kier molecular flexibility index (Phi) is 20.6. The number of hydrogen-bond acceptors (Lipinski definition) is 13. The molecule has 20 heteroatoms. The molecule has 123 heavy (non-hydrogen) atoms.